The van der Waals surface area contributed by atoms with Gasteiger partial charge in [0.2, 0.25) is 0 Å². The maximum Gasteiger partial charge on any atom is 0.0779 e. The number of hydrogen-bond acceptors (Lipinski definition) is 2. The molecule has 92 valence electrons. The van der Waals surface area contributed by atoms with Gasteiger partial charge in [0, 0.05) is 12.6 Å². The van der Waals surface area contributed by atoms with Gasteiger partial charge >= 0.3 is 0 Å². The van der Waals surface area contributed by atoms with Crippen LogP contribution < -0.4 is 0 Å². The van der Waals surface area contributed by atoms with Gasteiger partial charge in [0.15, 0.2) is 0 Å². The Morgan fingerprint density at radius 3 is 2.50 bits per heavy atom. The zero-order chi connectivity index (χ0) is 11.5. The molecular formula is C13H24N2S. The molecule has 0 aromatic rings. The van der Waals surface area contributed by atoms with E-state index in [2.05, 4.69) is 23.8 Å². The second-order valence-corrected chi connectivity index (χ2v) is 5.76. The summed E-state index contributed by atoms with van der Waals surface area (Å²) in [7, 11) is 2.24. The molecule has 0 spiro atoms. The zero-order valence-electron chi connectivity index (χ0n) is 10.6. The Hall–Kier alpha value is -0.150. The molecule has 2 fully saturated rings. The average molecular weight is 240 g/mol. The van der Waals surface area contributed by atoms with E-state index in [-0.39, 0.29) is 0 Å². The number of likely N-dealkylation sites (tertiary alicyclic amines) is 2. The number of rotatable bonds is 2. The van der Waals surface area contributed by atoms with E-state index in [1.54, 1.807) is 0 Å². The monoisotopic (exact) mass is 240 g/mol. The normalized spacial score (nSPS) is 28.6. The summed E-state index contributed by atoms with van der Waals surface area (Å²) in [6, 6.07) is 0.765. The first-order valence-electron chi connectivity index (χ1n) is 6.70. The summed E-state index contributed by atoms with van der Waals surface area (Å²) >= 11 is 5.50. The van der Waals surface area contributed by atoms with Crippen molar-refractivity contribution in [2.75, 3.05) is 26.7 Å². The fraction of sp³-hybridized carbons (Fsp3) is 0.923. The van der Waals surface area contributed by atoms with E-state index in [9.17, 15) is 0 Å². The molecule has 2 nitrogen and oxygen atoms in total. The Balaban J connectivity index is 1.94. The number of thiocarbonyl (C=S) groups is 1. The molecule has 2 heterocycles. The highest BCUT2D eigenvalue weighted by molar-refractivity contribution is 7.80. The van der Waals surface area contributed by atoms with E-state index in [4.69, 9.17) is 12.2 Å². The van der Waals surface area contributed by atoms with Crippen molar-refractivity contribution in [2.24, 2.45) is 5.92 Å². The highest BCUT2D eigenvalue weighted by Gasteiger charge is 2.33. The smallest absolute Gasteiger partial charge is 0.0779 e. The summed E-state index contributed by atoms with van der Waals surface area (Å²) in [5, 5.41) is 0. The second kappa shape index (κ2) is 5.46. The van der Waals surface area contributed by atoms with Crippen LogP contribution in [-0.4, -0.2) is 47.5 Å². The summed E-state index contributed by atoms with van der Waals surface area (Å²) in [4.78, 5) is 6.18. The lowest BCUT2D eigenvalue weighted by Gasteiger charge is -2.37. The van der Waals surface area contributed by atoms with Crippen molar-refractivity contribution in [1.82, 2.24) is 9.80 Å². The summed E-state index contributed by atoms with van der Waals surface area (Å²) in [6.07, 6.45) is 6.48. The van der Waals surface area contributed by atoms with Crippen molar-refractivity contribution in [2.45, 2.75) is 45.1 Å². The van der Waals surface area contributed by atoms with Gasteiger partial charge in [-0.05, 0) is 58.2 Å². The van der Waals surface area contributed by atoms with Gasteiger partial charge in [0.1, 0.15) is 0 Å². The van der Waals surface area contributed by atoms with Crippen molar-refractivity contribution in [1.29, 1.82) is 0 Å². The Bertz CT molecular complexity index is 246. The van der Waals surface area contributed by atoms with Crippen LogP contribution in [0.5, 0.6) is 0 Å². The number of piperidine rings is 1. The summed E-state index contributed by atoms with van der Waals surface area (Å²) in [5.74, 6) is 0.892. The van der Waals surface area contributed by atoms with Crippen LogP contribution in [0.2, 0.25) is 0 Å². The minimum absolute atomic E-state index is 0.765. The SMILES string of the molecule is CCC(=S)N1CCCC1C1CCN(C)CC1. The molecule has 0 bridgehead atoms. The van der Waals surface area contributed by atoms with Gasteiger partial charge in [-0.25, -0.2) is 0 Å². The van der Waals surface area contributed by atoms with Gasteiger partial charge in [-0.1, -0.05) is 19.1 Å². The topological polar surface area (TPSA) is 6.48 Å². The van der Waals surface area contributed by atoms with Gasteiger partial charge in [-0.2, -0.15) is 0 Å². The van der Waals surface area contributed by atoms with Gasteiger partial charge in [0.25, 0.3) is 0 Å². The van der Waals surface area contributed by atoms with Crippen molar-refractivity contribution in [3.05, 3.63) is 0 Å². The molecule has 2 saturated heterocycles. The Kier molecular flexibility index (Phi) is 4.20. The minimum atomic E-state index is 0.765. The van der Waals surface area contributed by atoms with Crippen molar-refractivity contribution in [3.63, 3.8) is 0 Å². The highest BCUT2D eigenvalue weighted by Crippen LogP contribution is 2.31. The summed E-state index contributed by atoms with van der Waals surface area (Å²) in [6.45, 7) is 5.94. The molecule has 0 radical (unpaired) electrons. The van der Waals surface area contributed by atoms with Gasteiger partial charge < -0.3 is 9.80 Å². The molecular weight excluding hydrogens is 216 g/mol. The molecule has 0 aromatic heterocycles. The van der Waals surface area contributed by atoms with Crippen LogP contribution in [0.25, 0.3) is 0 Å². The molecule has 0 saturated carbocycles. The Morgan fingerprint density at radius 2 is 1.88 bits per heavy atom. The first kappa shape index (κ1) is 12.3. The lowest BCUT2D eigenvalue weighted by molar-refractivity contribution is 0.161. The summed E-state index contributed by atoms with van der Waals surface area (Å²) < 4.78 is 0. The molecule has 2 aliphatic heterocycles. The van der Waals surface area contributed by atoms with Gasteiger partial charge in [0.05, 0.1) is 4.99 Å². The molecule has 2 rings (SSSR count). The Labute approximate surface area is 105 Å². The van der Waals surface area contributed by atoms with Crippen molar-refractivity contribution >= 4 is 17.2 Å². The molecule has 16 heavy (non-hydrogen) atoms. The second-order valence-electron chi connectivity index (χ2n) is 5.29. The minimum Gasteiger partial charge on any atom is -0.363 e. The van der Waals surface area contributed by atoms with Crippen LogP contribution in [-0.2, 0) is 0 Å². The maximum absolute atomic E-state index is 5.50. The standard InChI is InChI=1S/C13H24N2S/c1-3-13(16)15-8-4-5-12(15)11-6-9-14(2)10-7-11/h11-12H,3-10H2,1-2H3. The van der Waals surface area contributed by atoms with E-state index in [1.807, 2.05) is 0 Å². The van der Waals surface area contributed by atoms with E-state index in [1.165, 1.54) is 50.3 Å². The van der Waals surface area contributed by atoms with Crippen LogP contribution in [0.1, 0.15) is 39.0 Å². The molecule has 3 heteroatoms. The molecule has 0 N–H and O–H groups in total. The predicted molar refractivity (Wildman–Crippen MR) is 72.8 cm³/mol. The largest absolute Gasteiger partial charge is 0.363 e. The van der Waals surface area contributed by atoms with Gasteiger partial charge in [-0.15, -0.1) is 0 Å². The number of nitrogens with zero attached hydrogens (tertiary/aromatic N) is 2. The molecule has 1 unspecified atom stereocenters. The van der Waals surface area contributed by atoms with E-state index in [0.29, 0.717) is 0 Å². The predicted octanol–water partition coefficient (Wildman–Crippen LogP) is 2.53. The maximum atomic E-state index is 5.50. The molecule has 1 atom stereocenters. The van der Waals surface area contributed by atoms with Crippen molar-refractivity contribution < 1.29 is 0 Å². The molecule has 0 aliphatic carbocycles. The van der Waals surface area contributed by atoms with E-state index in [0.717, 1.165) is 18.4 Å². The first-order chi connectivity index (χ1) is 7.72. The van der Waals surface area contributed by atoms with Crippen LogP contribution in [0, 0.1) is 5.92 Å². The lowest BCUT2D eigenvalue weighted by Crippen LogP contribution is -2.43. The molecule has 0 aromatic carbocycles. The van der Waals surface area contributed by atoms with Crippen LogP contribution >= 0.6 is 12.2 Å². The average Bonchev–Trinajstić information content (AvgIpc) is 2.78. The highest BCUT2D eigenvalue weighted by atomic mass is 32.1. The first-order valence-corrected chi connectivity index (χ1v) is 7.11. The van der Waals surface area contributed by atoms with Crippen LogP contribution in [0.15, 0.2) is 0 Å². The third-order valence-corrected chi connectivity index (χ3v) is 4.75. The Morgan fingerprint density at radius 1 is 1.19 bits per heavy atom. The van der Waals surface area contributed by atoms with Crippen molar-refractivity contribution in [3.8, 4) is 0 Å². The molecule has 0 amide bonds. The fourth-order valence-electron chi connectivity index (χ4n) is 3.21. The zero-order valence-corrected chi connectivity index (χ0v) is 11.4. The van der Waals surface area contributed by atoms with Crippen LogP contribution in [0.3, 0.4) is 0 Å². The van der Waals surface area contributed by atoms with Crippen LogP contribution in [0.4, 0.5) is 0 Å². The third-order valence-electron chi connectivity index (χ3n) is 4.23. The number of hydrogen-bond donors (Lipinski definition) is 0. The van der Waals surface area contributed by atoms with E-state index >= 15 is 0 Å². The third kappa shape index (κ3) is 2.57. The lowest BCUT2D eigenvalue weighted by atomic mass is 9.88. The van der Waals surface area contributed by atoms with Gasteiger partial charge in [-0.3, -0.25) is 0 Å². The summed E-state index contributed by atoms with van der Waals surface area (Å²) in [5.41, 5.74) is 0. The van der Waals surface area contributed by atoms with E-state index < -0.39 is 0 Å². The fourth-order valence-corrected chi connectivity index (χ4v) is 3.44. The quantitative estimate of drug-likeness (QED) is 0.685. The molecule has 2 aliphatic rings.